The molecule has 8 heteroatoms. The molecule has 3 rings (SSSR count). The van der Waals surface area contributed by atoms with E-state index in [1.165, 1.54) is 13.0 Å². The molecule has 0 spiro atoms. The van der Waals surface area contributed by atoms with E-state index in [-0.39, 0.29) is 6.54 Å². The minimum absolute atomic E-state index is 0.0858. The normalized spacial score (nSPS) is 20.6. The summed E-state index contributed by atoms with van der Waals surface area (Å²) in [4.78, 5) is 25.9. The monoisotopic (exact) mass is 335 g/mol. The Morgan fingerprint density at radius 2 is 1.88 bits per heavy atom. The van der Waals surface area contributed by atoms with Gasteiger partial charge in [-0.15, -0.1) is 0 Å². The zero-order valence-electron chi connectivity index (χ0n) is 13.3. The molecule has 2 aromatic rings. The maximum atomic E-state index is 14.1. The lowest BCUT2D eigenvalue weighted by atomic mass is 9.91. The molecule has 0 radical (unpaired) electrons. The summed E-state index contributed by atoms with van der Waals surface area (Å²) >= 11 is 0. The molecule has 1 saturated heterocycles. The van der Waals surface area contributed by atoms with E-state index in [1.807, 2.05) is 0 Å². The van der Waals surface area contributed by atoms with E-state index in [1.54, 1.807) is 13.8 Å². The van der Waals surface area contributed by atoms with E-state index in [0.29, 0.717) is 17.0 Å². The highest BCUT2D eigenvalue weighted by atomic mass is 19.1. The Balaban J connectivity index is 2.00. The van der Waals surface area contributed by atoms with Crippen molar-refractivity contribution in [3.63, 3.8) is 0 Å². The van der Waals surface area contributed by atoms with Crippen molar-refractivity contribution in [2.75, 3.05) is 0 Å². The van der Waals surface area contributed by atoms with E-state index in [9.17, 15) is 18.4 Å². The van der Waals surface area contributed by atoms with Crippen LogP contribution in [0, 0.1) is 25.5 Å². The molecule has 126 valence electrons. The molecule has 0 saturated carbocycles. The van der Waals surface area contributed by atoms with Crippen LogP contribution in [0.2, 0.25) is 0 Å². The Morgan fingerprint density at radius 3 is 2.42 bits per heavy atom. The van der Waals surface area contributed by atoms with Gasteiger partial charge in [0.1, 0.15) is 22.9 Å². The van der Waals surface area contributed by atoms with E-state index >= 15 is 0 Å². The van der Waals surface area contributed by atoms with Crippen LogP contribution in [-0.2, 0) is 16.9 Å². The summed E-state index contributed by atoms with van der Waals surface area (Å²) in [5.41, 5.74) is -1.17. The van der Waals surface area contributed by atoms with Crippen molar-refractivity contribution >= 4 is 11.9 Å². The molecule has 2 heterocycles. The lowest BCUT2D eigenvalue weighted by Gasteiger charge is -2.23. The largest absolute Gasteiger partial charge is 0.361 e. The van der Waals surface area contributed by atoms with Crippen molar-refractivity contribution in [1.82, 2.24) is 15.4 Å². The molecule has 6 nitrogen and oxygen atoms in total. The van der Waals surface area contributed by atoms with E-state index in [0.717, 1.165) is 17.0 Å². The maximum absolute atomic E-state index is 14.1. The molecule has 0 aliphatic carbocycles. The quantitative estimate of drug-likeness (QED) is 0.875. The summed E-state index contributed by atoms with van der Waals surface area (Å²) in [6.45, 7) is 4.53. The van der Waals surface area contributed by atoms with Crippen LogP contribution in [0.3, 0.4) is 0 Å². The highest BCUT2D eigenvalue weighted by molar-refractivity contribution is 6.07. The predicted molar refractivity (Wildman–Crippen MR) is 78.8 cm³/mol. The molecule has 1 aromatic heterocycles. The number of halogens is 2. The number of rotatable bonds is 3. The Bertz CT molecular complexity index is 809. The number of aryl methyl sites for hydroxylation is 2. The van der Waals surface area contributed by atoms with Crippen LogP contribution in [0.4, 0.5) is 13.6 Å². The predicted octanol–water partition coefficient (Wildman–Crippen LogP) is 2.54. The average Bonchev–Trinajstić information content (AvgIpc) is 2.92. The number of amides is 3. The van der Waals surface area contributed by atoms with Gasteiger partial charge in [0.15, 0.2) is 0 Å². The molecule has 1 fully saturated rings. The highest BCUT2D eigenvalue weighted by Gasteiger charge is 2.51. The van der Waals surface area contributed by atoms with Gasteiger partial charge in [0, 0.05) is 5.56 Å². The molecular weight excluding hydrogens is 320 g/mol. The second kappa shape index (κ2) is 5.40. The van der Waals surface area contributed by atoms with Crippen molar-refractivity contribution in [2.24, 2.45) is 0 Å². The fourth-order valence-corrected chi connectivity index (χ4v) is 2.87. The standard InChI is InChI=1S/C16H15F2N3O3/c1-8-10(9(2)24-20-8)7-21-14(22)16(3,19-15(21)23)13-11(17)5-4-6-12(13)18/h4-6H,7H2,1-3H3,(H,19,23). The summed E-state index contributed by atoms with van der Waals surface area (Å²) in [6.07, 6.45) is 0. The van der Waals surface area contributed by atoms with Crippen molar-refractivity contribution in [3.8, 4) is 0 Å². The fraction of sp³-hybridized carbons (Fsp3) is 0.312. The number of nitrogens with zero attached hydrogens (tertiary/aromatic N) is 2. The fourth-order valence-electron chi connectivity index (χ4n) is 2.87. The van der Waals surface area contributed by atoms with Gasteiger partial charge in [-0.05, 0) is 32.9 Å². The molecule has 1 N–H and O–H groups in total. The van der Waals surface area contributed by atoms with Gasteiger partial charge < -0.3 is 9.84 Å². The van der Waals surface area contributed by atoms with Crippen LogP contribution in [0.1, 0.15) is 29.5 Å². The SMILES string of the molecule is Cc1noc(C)c1CN1C(=O)NC(C)(c2c(F)cccc2F)C1=O. The Kier molecular flexibility index (Phi) is 3.62. The minimum Gasteiger partial charge on any atom is -0.361 e. The molecule has 0 bridgehead atoms. The van der Waals surface area contributed by atoms with Crippen LogP contribution in [-0.4, -0.2) is 22.0 Å². The number of hydrogen-bond donors (Lipinski definition) is 1. The third-order valence-electron chi connectivity index (χ3n) is 4.24. The Morgan fingerprint density at radius 1 is 1.25 bits per heavy atom. The molecule has 1 unspecified atom stereocenters. The maximum Gasteiger partial charge on any atom is 0.325 e. The van der Waals surface area contributed by atoms with Crippen LogP contribution in [0.15, 0.2) is 22.7 Å². The van der Waals surface area contributed by atoms with Gasteiger partial charge in [0.2, 0.25) is 0 Å². The van der Waals surface area contributed by atoms with E-state index in [4.69, 9.17) is 4.52 Å². The van der Waals surface area contributed by atoms with Crippen LogP contribution in [0.5, 0.6) is 0 Å². The molecule has 1 atom stereocenters. The van der Waals surface area contributed by atoms with Gasteiger partial charge in [0.25, 0.3) is 5.91 Å². The topological polar surface area (TPSA) is 75.4 Å². The molecule has 1 aromatic carbocycles. The van der Waals surface area contributed by atoms with Crippen LogP contribution >= 0.6 is 0 Å². The lowest BCUT2D eigenvalue weighted by molar-refractivity contribution is -0.131. The Hall–Kier alpha value is -2.77. The third kappa shape index (κ3) is 2.26. The first-order valence-corrected chi connectivity index (χ1v) is 7.26. The van der Waals surface area contributed by atoms with E-state index in [2.05, 4.69) is 10.5 Å². The summed E-state index contributed by atoms with van der Waals surface area (Å²) in [7, 11) is 0. The van der Waals surface area contributed by atoms with Crippen molar-refractivity contribution in [3.05, 3.63) is 52.4 Å². The number of nitrogens with one attached hydrogen (secondary N) is 1. The molecular formula is C16H15F2N3O3. The average molecular weight is 335 g/mol. The molecule has 3 amide bonds. The van der Waals surface area contributed by atoms with Gasteiger partial charge in [-0.2, -0.15) is 0 Å². The number of imide groups is 1. The van der Waals surface area contributed by atoms with Gasteiger partial charge in [0.05, 0.1) is 17.8 Å². The smallest absolute Gasteiger partial charge is 0.325 e. The first-order valence-electron chi connectivity index (χ1n) is 7.26. The van der Waals surface area contributed by atoms with Gasteiger partial charge in [-0.1, -0.05) is 11.2 Å². The summed E-state index contributed by atoms with van der Waals surface area (Å²) in [6, 6.07) is 2.55. The van der Waals surface area contributed by atoms with Crippen LogP contribution < -0.4 is 5.32 Å². The first kappa shape index (κ1) is 16.1. The highest BCUT2D eigenvalue weighted by Crippen LogP contribution is 2.33. The van der Waals surface area contributed by atoms with Crippen molar-refractivity contribution in [2.45, 2.75) is 32.9 Å². The summed E-state index contributed by atoms with van der Waals surface area (Å²) in [5.74, 6) is -2.06. The van der Waals surface area contributed by atoms with Crippen molar-refractivity contribution in [1.29, 1.82) is 0 Å². The molecule has 1 aliphatic heterocycles. The molecule has 1 aliphatic rings. The number of carbonyl (C=O) groups excluding carboxylic acids is 2. The minimum atomic E-state index is -1.81. The zero-order valence-corrected chi connectivity index (χ0v) is 13.3. The van der Waals surface area contributed by atoms with Crippen LogP contribution in [0.25, 0.3) is 0 Å². The lowest BCUT2D eigenvalue weighted by Crippen LogP contribution is -2.42. The molecule has 24 heavy (non-hydrogen) atoms. The zero-order chi connectivity index (χ0) is 17.6. The van der Waals surface area contributed by atoms with E-state index < -0.39 is 34.7 Å². The third-order valence-corrected chi connectivity index (χ3v) is 4.24. The second-order valence-corrected chi connectivity index (χ2v) is 5.85. The summed E-state index contributed by atoms with van der Waals surface area (Å²) < 4.78 is 33.2. The first-order chi connectivity index (χ1) is 11.3. The number of benzene rings is 1. The van der Waals surface area contributed by atoms with Gasteiger partial charge >= 0.3 is 6.03 Å². The second-order valence-electron chi connectivity index (χ2n) is 5.85. The van der Waals surface area contributed by atoms with Gasteiger partial charge in [-0.3, -0.25) is 9.69 Å². The number of urea groups is 1. The van der Waals surface area contributed by atoms with Crippen molar-refractivity contribution < 1.29 is 22.9 Å². The Labute approximate surface area is 136 Å². The van der Waals surface area contributed by atoms with Gasteiger partial charge in [-0.25, -0.2) is 13.6 Å². The number of hydrogen-bond acceptors (Lipinski definition) is 4. The summed E-state index contributed by atoms with van der Waals surface area (Å²) in [5, 5.41) is 6.15. The number of carbonyl (C=O) groups is 2. The number of aromatic nitrogens is 1.